The fraction of sp³-hybridized carbons (Fsp3) is 0.250. The number of nitrogens with two attached hydrogens (primary N) is 1. The molecule has 0 saturated heterocycles. The van der Waals surface area contributed by atoms with Gasteiger partial charge in [0.25, 0.3) is 0 Å². The molecule has 1 aromatic heterocycles. The predicted molar refractivity (Wildman–Crippen MR) is 67.9 cm³/mol. The van der Waals surface area contributed by atoms with E-state index in [1.54, 1.807) is 23.0 Å². The van der Waals surface area contributed by atoms with Crippen molar-refractivity contribution >= 4 is 15.9 Å². The Labute approximate surface area is 108 Å². The Bertz CT molecular complexity index is 524. The number of aryl methyl sites for hydroxylation is 1. The summed E-state index contributed by atoms with van der Waals surface area (Å²) in [5.74, 6) is -0.229. The van der Waals surface area contributed by atoms with Crippen LogP contribution in [0.3, 0.4) is 0 Å². The molecule has 5 heteroatoms. The zero-order valence-electron chi connectivity index (χ0n) is 9.40. The van der Waals surface area contributed by atoms with E-state index in [1.807, 2.05) is 13.2 Å². The predicted octanol–water partition coefficient (Wildman–Crippen LogP) is 2.56. The summed E-state index contributed by atoms with van der Waals surface area (Å²) in [6.07, 6.45) is 4.01. The fourth-order valence-electron chi connectivity index (χ4n) is 1.69. The summed E-state index contributed by atoms with van der Waals surface area (Å²) in [6.45, 7) is 0. The van der Waals surface area contributed by atoms with Gasteiger partial charge in [0.05, 0.1) is 6.20 Å². The molecule has 1 aromatic carbocycles. The summed E-state index contributed by atoms with van der Waals surface area (Å²) in [6, 6.07) is 4.63. The van der Waals surface area contributed by atoms with Gasteiger partial charge in [-0.05, 0) is 30.2 Å². The zero-order valence-corrected chi connectivity index (χ0v) is 11.0. The highest BCUT2D eigenvalue weighted by atomic mass is 79.9. The van der Waals surface area contributed by atoms with E-state index in [1.165, 1.54) is 6.07 Å². The van der Waals surface area contributed by atoms with Crippen molar-refractivity contribution < 1.29 is 4.39 Å². The van der Waals surface area contributed by atoms with Crippen LogP contribution in [0.5, 0.6) is 0 Å². The number of hydrogen-bond donors (Lipinski definition) is 1. The molecule has 0 bridgehead atoms. The van der Waals surface area contributed by atoms with E-state index < -0.39 is 0 Å². The van der Waals surface area contributed by atoms with E-state index in [0.717, 1.165) is 10.0 Å². The first kappa shape index (κ1) is 12.3. The normalized spacial score (nSPS) is 12.7. The Morgan fingerprint density at radius 1 is 1.53 bits per heavy atom. The molecule has 2 rings (SSSR count). The third-order valence-corrected chi connectivity index (χ3v) is 3.09. The molecule has 0 saturated carbocycles. The lowest BCUT2D eigenvalue weighted by Gasteiger charge is -2.10. The molecule has 1 atom stereocenters. The number of rotatable bonds is 3. The average molecular weight is 298 g/mol. The molecular formula is C12H13BrFN3. The van der Waals surface area contributed by atoms with Gasteiger partial charge in [-0.2, -0.15) is 5.10 Å². The van der Waals surface area contributed by atoms with Gasteiger partial charge in [-0.3, -0.25) is 4.68 Å². The van der Waals surface area contributed by atoms with Gasteiger partial charge in [0, 0.05) is 29.3 Å². The Morgan fingerprint density at radius 3 is 2.94 bits per heavy atom. The molecule has 0 amide bonds. The lowest BCUT2D eigenvalue weighted by Crippen LogP contribution is -2.13. The van der Waals surface area contributed by atoms with Crippen molar-refractivity contribution in [1.82, 2.24) is 9.78 Å². The van der Waals surface area contributed by atoms with Gasteiger partial charge in [-0.1, -0.05) is 15.9 Å². The van der Waals surface area contributed by atoms with Gasteiger partial charge >= 0.3 is 0 Å². The van der Waals surface area contributed by atoms with Gasteiger partial charge < -0.3 is 5.73 Å². The second kappa shape index (κ2) is 4.98. The minimum absolute atomic E-state index is 0.229. The first-order chi connectivity index (χ1) is 8.06. The van der Waals surface area contributed by atoms with E-state index >= 15 is 0 Å². The molecule has 0 radical (unpaired) electrons. The number of hydrogen-bond acceptors (Lipinski definition) is 2. The highest BCUT2D eigenvalue weighted by molar-refractivity contribution is 9.10. The summed E-state index contributed by atoms with van der Waals surface area (Å²) in [5.41, 5.74) is 7.54. The smallest absolute Gasteiger partial charge is 0.126 e. The number of halogens is 2. The molecule has 0 aliphatic carbocycles. The molecule has 90 valence electrons. The highest BCUT2D eigenvalue weighted by Gasteiger charge is 2.12. The van der Waals surface area contributed by atoms with Gasteiger partial charge in [0.1, 0.15) is 5.82 Å². The average Bonchev–Trinajstić information content (AvgIpc) is 2.70. The highest BCUT2D eigenvalue weighted by Crippen LogP contribution is 2.21. The quantitative estimate of drug-likeness (QED) is 0.946. The molecule has 1 heterocycles. The van der Waals surface area contributed by atoms with Crippen molar-refractivity contribution in [2.75, 3.05) is 0 Å². The maximum Gasteiger partial charge on any atom is 0.126 e. The van der Waals surface area contributed by atoms with Gasteiger partial charge in [-0.25, -0.2) is 4.39 Å². The van der Waals surface area contributed by atoms with E-state index in [0.29, 0.717) is 12.0 Å². The Kier molecular flexibility index (Phi) is 3.59. The third kappa shape index (κ3) is 2.92. The zero-order chi connectivity index (χ0) is 12.4. The Balaban J connectivity index is 2.18. The molecule has 0 spiro atoms. The van der Waals surface area contributed by atoms with Crippen molar-refractivity contribution in [3.8, 4) is 0 Å². The van der Waals surface area contributed by atoms with Crippen LogP contribution in [-0.2, 0) is 13.5 Å². The first-order valence-electron chi connectivity index (χ1n) is 5.24. The lowest BCUT2D eigenvalue weighted by molar-refractivity contribution is 0.593. The minimum Gasteiger partial charge on any atom is -0.324 e. The maximum absolute atomic E-state index is 13.6. The summed E-state index contributed by atoms with van der Waals surface area (Å²) >= 11 is 3.32. The molecular weight excluding hydrogens is 285 g/mol. The van der Waals surface area contributed by atoms with Gasteiger partial charge in [0.15, 0.2) is 0 Å². The number of nitrogens with zero attached hydrogens (tertiary/aromatic N) is 2. The molecule has 1 unspecified atom stereocenters. The first-order valence-corrected chi connectivity index (χ1v) is 6.03. The van der Waals surface area contributed by atoms with E-state index in [4.69, 9.17) is 5.73 Å². The summed E-state index contributed by atoms with van der Waals surface area (Å²) in [5, 5.41) is 4.05. The van der Waals surface area contributed by atoms with Crippen LogP contribution in [0.4, 0.5) is 4.39 Å². The van der Waals surface area contributed by atoms with Crippen molar-refractivity contribution in [3.05, 3.63) is 52.0 Å². The maximum atomic E-state index is 13.6. The van der Waals surface area contributed by atoms with Crippen molar-refractivity contribution in [1.29, 1.82) is 0 Å². The standard InChI is InChI=1S/C12H13BrFN3/c1-17-7-9(6-16-17)12(15)5-8-4-10(13)2-3-11(8)14/h2-4,6-7,12H,5,15H2,1H3. The van der Waals surface area contributed by atoms with Gasteiger partial charge in [0.2, 0.25) is 0 Å². The lowest BCUT2D eigenvalue weighted by atomic mass is 10.0. The van der Waals surface area contributed by atoms with Crippen LogP contribution in [-0.4, -0.2) is 9.78 Å². The molecule has 0 fully saturated rings. The Morgan fingerprint density at radius 2 is 2.29 bits per heavy atom. The molecule has 2 N–H and O–H groups in total. The topological polar surface area (TPSA) is 43.8 Å². The van der Waals surface area contributed by atoms with Gasteiger partial charge in [-0.15, -0.1) is 0 Å². The molecule has 17 heavy (non-hydrogen) atoms. The van der Waals surface area contributed by atoms with E-state index in [9.17, 15) is 4.39 Å². The van der Waals surface area contributed by atoms with Crippen LogP contribution in [0, 0.1) is 5.82 Å². The van der Waals surface area contributed by atoms with Crippen LogP contribution < -0.4 is 5.73 Å². The van der Waals surface area contributed by atoms with E-state index in [-0.39, 0.29) is 11.9 Å². The van der Waals surface area contributed by atoms with Crippen LogP contribution in [0.25, 0.3) is 0 Å². The van der Waals surface area contributed by atoms with Crippen LogP contribution >= 0.6 is 15.9 Å². The molecule has 0 aliphatic rings. The number of aromatic nitrogens is 2. The van der Waals surface area contributed by atoms with Crippen LogP contribution in [0.15, 0.2) is 35.1 Å². The SMILES string of the molecule is Cn1cc(C(N)Cc2cc(Br)ccc2F)cn1. The second-order valence-electron chi connectivity index (χ2n) is 3.99. The van der Waals surface area contributed by atoms with Crippen molar-refractivity contribution in [2.24, 2.45) is 12.8 Å². The fourth-order valence-corrected chi connectivity index (χ4v) is 2.09. The summed E-state index contributed by atoms with van der Waals surface area (Å²) in [7, 11) is 1.83. The molecule has 2 aromatic rings. The van der Waals surface area contributed by atoms with Crippen molar-refractivity contribution in [2.45, 2.75) is 12.5 Å². The third-order valence-electron chi connectivity index (χ3n) is 2.60. The van der Waals surface area contributed by atoms with Crippen molar-refractivity contribution in [3.63, 3.8) is 0 Å². The minimum atomic E-state index is -0.243. The second-order valence-corrected chi connectivity index (χ2v) is 4.91. The summed E-state index contributed by atoms with van der Waals surface area (Å²) < 4.78 is 16.1. The molecule has 3 nitrogen and oxygen atoms in total. The summed E-state index contributed by atoms with van der Waals surface area (Å²) in [4.78, 5) is 0. The van der Waals surface area contributed by atoms with E-state index in [2.05, 4.69) is 21.0 Å². The number of benzene rings is 1. The van der Waals surface area contributed by atoms with Crippen LogP contribution in [0.1, 0.15) is 17.2 Å². The largest absolute Gasteiger partial charge is 0.324 e. The molecule has 0 aliphatic heterocycles. The monoisotopic (exact) mass is 297 g/mol. The van der Waals surface area contributed by atoms with Crippen LogP contribution in [0.2, 0.25) is 0 Å². The Hall–Kier alpha value is -1.20.